The lowest BCUT2D eigenvalue weighted by Gasteiger charge is -2.52. The van der Waals surface area contributed by atoms with Gasteiger partial charge in [0.05, 0.1) is 5.92 Å². The van der Waals surface area contributed by atoms with E-state index in [4.69, 9.17) is 0 Å². The monoisotopic (exact) mass is 252 g/mol. The Morgan fingerprint density at radius 3 is 2.44 bits per heavy atom. The third-order valence-electron chi connectivity index (χ3n) is 6.33. The maximum atomic E-state index is 11.2. The Bertz CT molecular complexity index is 321. The lowest BCUT2D eigenvalue weighted by molar-refractivity contribution is -0.144. The van der Waals surface area contributed by atoms with Crippen LogP contribution in [0.2, 0.25) is 0 Å². The van der Waals surface area contributed by atoms with Gasteiger partial charge in [-0.1, -0.05) is 27.7 Å². The number of hydrogen-bond acceptors (Lipinski definition) is 1. The van der Waals surface area contributed by atoms with Crippen molar-refractivity contribution in [3.63, 3.8) is 0 Å². The van der Waals surface area contributed by atoms with Crippen LogP contribution in [0.15, 0.2) is 0 Å². The Labute approximate surface area is 111 Å². The molecule has 2 rings (SSSR count). The molecule has 0 aromatic heterocycles. The third kappa shape index (κ3) is 2.31. The molecule has 0 aromatic carbocycles. The minimum absolute atomic E-state index is 0.168. The molecule has 2 heteroatoms. The Balaban J connectivity index is 2.12. The summed E-state index contributed by atoms with van der Waals surface area (Å²) in [6, 6.07) is 0. The first-order valence-electron chi connectivity index (χ1n) is 7.56. The lowest BCUT2D eigenvalue weighted by atomic mass is 9.53. The van der Waals surface area contributed by atoms with E-state index in [1.54, 1.807) is 0 Å². The fourth-order valence-corrected chi connectivity index (χ4v) is 4.38. The smallest absolute Gasteiger partial charge is 0.306 e. The van der Waals surface area contributed by atoms with E-state index in [9.17, 15) is 9.90 Å². The maximum absolute atomic E-state index is 11.2. The highest BCUT2D eigenvalue weighted by Crippen LogP contribution is 2.55. The first kappa shape index (κ1) is 13.9. The molecule has 104 valence electrons. The van der Waals surface area contributed by atoms with Crippen molar-refractivity contribution in [3.05, 3.63) is 0 Å². The second-order valence-corrected chi connectivity index (χ2v) is 7.37. The van der Waals surface area contributed by atoms with E-state index in [0.29, 0.717) is 11.3 Å². The molecule has 2 nitrogen and oxygen atoms in total. The van der Waals surface area contributed by atoms with Gasteiger partial charge in [0.2, 0.25) is 0 Å². The van der Waals surface area contributed by atoms with E-state index >= 15 is 0 Å². The standard InChI is InChI=1S/C16H28O2/c1-10-5-6-12-7-8-13(11(2)15(17)18)9-14(12)16(10,3)4/h10-14H,5-9H2,1-4H3,(H,17,18)/t10-,11?,12+,13?,14+/m0/s1. The van der Waals surface area contributed by atoms with E-state index < -0.39 is 5.97 Å². The van der Waals surface area contributed by atoms with Crippen molar-refractivity contribution in [2.24, 2.45) is 35.0 Å². The lowest BCUT2D eigenvalue weighted by Crippen LogP contribution is -2.45. The summed E-state index contributed by atoms with van der Waals surface area (Å²) in [5.74, 6) is 1.99. The van der Waals surface area contributed by atoms with Crippen molar-refractivity contribution in [2.75, 3.05) is 0 Å². The number of carbonyl (C=O) groups is 1. The number of fused-ring (bicyclic) bond motifs is 1. The van der Waals surface area contributed by atoms with Crippen LogP contribution in [0, 0.1) is 35.0 Å². The Hall–Kier alpha value is -0.530. The van der Waals surface area contributed by atoms with Crippen LogP contribution >= 0.6 is 0 Å². The Morgan fingerprint density at radius 2 is 1.83 bits per heavy atom. The molecule has 0 spiro atoms. The summed E-state index contributed by atoms with van der Waals surface area (Å²) < 4.78 is 0. The van der Waals surface area contributed by atoms with Crippen molar-refractivity contribution in [1.29, 1.82) is 0 Å². The van der Waals surface area contributed by atoms with Gasteiger partial charge in [0, 0.05) is 0 Å². The summed E-state index contributed by atoms with van der Waals surface area (Å²) in [5, 5.41) is 9.21. The van der Waals surface area contributed by atoms with Crippen molar-refractivity contribution in [1.82, 2.24) is 0 Å². The Kier molecular flexibility index (Phi) is 3.75. The molecule has 18 heavy (non-hydrogen) atoms. The van der Waals surface area contributed by atoms with Gasteiger partial charge in [-0.25, -0.2) is 0 Å². The van der Waals surface area contributed by atoms with Crippen LogP contribution in [-0.2, 0) is 4.79 Å². The van der Waals surface area contributed by atoms with Gasteiger partial charge in [0.15, 0.2) is 0 Å². The number of carboxylic acid groups (broad SMARTS) is 1. The van der Waals surface area contributed by atoms with Gasteiger partial charge in [-0.15, -0.1) is 0 Å². The minimum Gasteiger partial charge on any atom is -0.481 e. The second kappa shape index (κ2) is 4.86. The topological polar surface area (TPSA) is 37.3 Å². The highest BCUT2D eigenvalue weighted by Gasteiger charge is 2.47. The quantitative estimate of drug-likeness (QED) is 0.800. The highest BCUT2D eigenvalue weighted by atomic mass is 16.4. The van der Waals surface area contributed by atoms with Crippen molar-refractivity contribution >= 4 is 5.97 Å². The molecule has 0 aromatic rings. The van der Waals surface area contributed by atoms with Crippen LogP contribution in [0.1, 0.15) is 59.8 Å². The minimum atomic E-state index is -0.611. The molecular formula is C16H28O2. The predicted octanol–water partition coefficient (Wildman–Crippen LogP) is 4.20. The number of carboxylic acids is 1. The van der Waals surface area contributed by atoms with Gasteiger partial charge in [-0.3, -0.25) is 4.79 Å². The summed E-state index contributed by atoms with van der Waals surface area (Å²) >= 11 is 0. The first-order valence-corrected chi connectivity index (χ1v) is 7.56. The molecule has 1 N–H and O–H groups in total. The van der Waals surface area contributed by atoms with Crippen LogP contribution in [0.5, 0.6) is 0 Å². The number of aliphatic carboxylic acids is 1. The van der Waals surface area contributed by atoms with Gasteiger partial charge in [-0.05, 0) is 61.2 Å². The summed E-state index contributed by atoms with van der Waals surface area (Å²) in [5.41, 5.74) is 0.389. The van der Waals surface area contributed by atoms with Gasteiger partial charge in [0.1, 0.15) is 0 Å². The van der Waals surface area contributed by atoms with Crippen LogP contribution in [0.25, 0.3) is 0 Å². The molecule has 2 aliphatic carbocycles. The van der Waals surface area contributed by atoms with Crippen LogP contribution in [0.4, 0.5) is 0 Å². The molecule has 5 atom stereocenters. The fraction of sp³-hybridized carbons (Fsp3) is 0.938. The van der Waals surface area contributed by atoms with Crippen molar-refractivity contribution < 1.29 is 9.90 Å². The Morgan fingerprint density at radius 1 is 1.22 bits per heavy atom. The predicted molar refractivity (Wildman–Crippen MR) is 73.3 cm³/mol. The van der Waals surface area contributed by atoms with E-state index in [2.05, 4.69) is 20.8 Å². The molecule has 2 fully saturated rings. The molecule has 0 heterocycles. The fourth-order valence-electron chi connectivity index (χ4n) is 4.38. The average Bonchev–Trinajstić information content (AvgIpc) is 2.33. The van der Waals surface area contributed by atoms with Crippen LogP contribution < -0.4 is 0 Å². The number of hydrogen-bond donors (Lipinski definition) is 1. The zero-order valence-electron chi connectivity index (χ0n) is 12.3. The van der Waals surface area contributed by atoms with E-state index in [-0.39, 0.29) is 5.92 Å². The largest absolute Gasteiger partial charge is 0.481 e. The molecule has 0 bridgehead atoms. The zero-order chi connectivity index (χ0) is 13.5. The van der Waals surface area contributed by atoms with Crippen molar-refractivity contribution in [3.8, 4) is 0 Å². The van der Waals surface area contributed by atoms with Crippen molar-refractivity contribution in [2.45, 2.75) is 59.8 Å². The molecule has 2 saturated carbocycles. The van der Waals surface area contributed by atoms with Gasteiger partial charge in [-0.2, -0.15) is 0 Å². The summed E-state index contributed by atoms with van der Waals surface area (Å²) in [6.45, 7) is 9.08. The van der Waals surface area contributed by atoms with Crippen LogP contribution in [-0.4, -0.2) is 11.1 Å². The first-order chi connectivity index (χ1) is 8.34. The SMILES string of the molecule is CC(C(=O)O)C1CC[C@H]2CC[C@H](C)C(C)(C)[C@@H]2C1. The maximum Gasteiger partial charge on any atom is 0.306 e. The molecule has 0 aliphatic heterocycles. The molecule has 0 saturated heterocycles. The van der Waals surface area contributed by atoms with E-state index in [0.717, 1.165) is 30.6 Å². The number of rotatable bonds is 2. The van der Waals surface area contributed by atoms with Gasteiger partial charge < -0.3 is 5.11 Å². The average molecular weight is 252 g/mol. The summed E-state index contributed by atoms with van der Waals surface area (Å²) in [6.07, 6.45) is 6.23. The normalized spacial score (nSPS) is 40.9. The zero-order valence-corrected chi connectivity index (χ0v) is 12.3. The second-order valence-electron chi connectivity index (χ2n) is 7.37. The van der Waals surface area contributed by atoms with Gasteiger partial charge in [0.25, 0.3) is 0 Å². The van der Waals surface area contributed by atoms with Crippen LogP contribution in [0.3, 0.4) is 0 Å². The summed E-state index contributed by atoms with van der Waals surface area (Å²) in [7, 11) is 0. The molecule has 2 aliphatic rings. The van der Waals surface area contributed by atoms with Gasteiger partial charge >= 0.3 is 5.97 Å². The molecule has 0 amide bonds. The van der Waals surface area contributed by atoms with E-state index in [1.165, 1.54) is 19.3 Å². The molecule has 0 radical (unpaired) electrons. The molecular weight excluding hydrogens is 224 g/mol. The van der Waals surface area contributed by atoms with E-state index in [1.807, 2.05) is 6.92 Å². The highest BCUT2D eigenvalue weighted by molar-refractivity contribution is 5.69. The molecule has 2 unspecified atom stereocenters. The summed E-state index contributed by atoms with van der Waals surface area (Å²) in [4.78, 5) is 11.2. The third-order valence-corrected chi connectivity index (χ3v) is 6.33.